The predicted molar refractivity (Wildman–Crippen MR) is 86.5 cm³/mol. The van der Waals surface area contributed by atoms with E-state index in [0.29, 0.717) is 0 Å². The van der Waals surface area contributed by atoms with Crippen molar-refractivity contribution in [1.82, 2.24) is 4.98 Å². The van der Waals surface area contributed by atoms with Crippen molar-refractivity contribution in [2.24, 2.45) is 5.73 Å². The summed E-state index contributed by atoms with van der Waals surface area (Å²) in [6, 6.07) is 16.3. The summed E-state index contributed by atoms with van der Waals surface area (Å²) < 4.78 is 1.05. The number of aromatic nitrogens is 1. The average molecular weight is 327 g/mol. The molecule has 0 bridgehead atoms. The Balaban J connectivity index is 2.20. The minimum atomic E-state index is -0.575. The molecule has 3 heteroatoms. The summed E-state index contributed by atoms with van der Waals surface area (Å²) in [7, 11) is 0. The summed E-state index contributed by atoms with van der Waals surface area (Å²) in [6.07, 6.45) is 3.74. The van der Waals surface area contributed by atoms with Crippen molar-refractivity contribution in [2.75, 3.05) is 0 Å². The van der Waals surface area contributed by atoms with E-state index in [1.807, 2.05) is 55.7 Å². The highest BCUT2D eigenvalue weighted by atomic mass is 79.9. The second-order valence-electron chi connectivity index (χ2n) is 5.12. The van der Waals surface area contributed by atoms with Gasteiger partial charge in [0.2, 0.25) is 0 Å². The number of nitrogens with zero attached hydrogens (tertiary/aromatic N) is 1. The van der Waals surface area contributed by atoms with Gasteiger partial charge in [0, 0.05) is 27.8 Å². The summed E-state index contributed by atoms with van der Waals surface area (Å²) in [6.45, 7) is 2.03. The van der Waals surface area contributed by atoms with Gasteiger partial charge in [-0.1, -0.05) is 52.3 Å². The first-order valence-electron chi connectivity index (χ1n) is 6.47. The minimum Gasteiger partial charge on any atom is -0.318 e. The number of nitrogens with two attached hydrogens (primary N) is 1. The molecule has 2 N–H and O–H groups in total. The van der Waals surface area contributed by atoms with E-state index in [2.05, 4.69) is 33.0 Å². The van der Waals surface area contributed by atoms with Gasteiger partial charge in [0.25, 0.3) is 0 Å². The number of hydrogen-bond donors (Lipinski definition) is 1. The Labute approximate surface area is 126 Å². The minimum absolute atomic E-state index is 0.575. The Bertz CT molecular complexity index is 743. The molecule has 0 aliphatic heterocycles. The molecule has 100 valence electrons. The Morgan fingerprint density at radius 3 is 2.45 bits per heavy atom. The molecule has 0 saturated carbocycles. The third-order valence-corrected chi connectivity index (χ3v) is 4.20. The molecule has 3 rings (SSSR count). The number of fused-ring (bicyclic) bond motifs is 1. The third kappa shape index (κ3) is 2.23. The largest absolute Gasteiger partial charge is 0.318 e. The van der Waals surface area contributed by atoms with E-state index in [4.69, 9.17) is 5.73 Å². The third-order valence-electron chi connectivity index (χ3n) is 3.67. The normalized spacial score (nSPS) is 14.2. The van der Waals surface area contributed by atoms with E-state index in [0.717, 1.165) is 26.4 Å². The predicted octanol–water partition coefficient (Wildman–Crippen LogP) is 4.22. The zero-order chi connectivity index (χ0) is 14.2. The van der Waals surface area contributed by atoms with Crippen molar-refractivity contribution in [1.29, 1.82) is 0 Å². The lowest BCUT2D eigenvalue weighted by Crippen LogP contribution is -2.34. The second kappa shape index (κ2) is 5.00. The fourth-order valence-corrected chi connectivity index (χ4v) is 2.75. The summed E-state index contributed by atoms with van der Waals surface area (Å²) in [5.41, 5.74) is 8.15. The molecular weight excluding hydrogens is 312 g/mol. The lowest BCUT2D eigenvalue weighted by molar-refractivity contribution is 0.606. The van der Waals surface area contributed by atoms with Crippen LogP contribution >= 0.6 is 15.9 Å². The smallest absolute Gasteiger partial charge is 0.0658 e. The van der Waals surface area contributed by atoms with E-state index in [9.17, 15) is 0 Å². The quantitative estimate of drug-likeness (QED) is 0.765. The van der Waals surface area contributed by atoms with Crippen LogP contribution in [0.4, 0.5) is 0 Å². The Morgan fingerprint density at radius 2 is 1.70 bits per heavy atom. The van der Waals surface area contributed by atoms with Gasteiger partial charge in [-0.15, -0.1) is 0 Å². The van der Waals surface area contributed by atoms with E-state index in [-0.39, 0.29) is 0 Å². The van der Waals surface area contributed by atoms with Crippen molar-refractivity contribution in [3.63, 3.8) is 0 Å². The lowest BCUT2D eigenvalue weighted by atomic mass is 9.84. The summed E-state index contributed by atoms with van der Waals surface area (Å²) >= 11 is 3.46. The summed E-state index contributed by atoms with van der Waals surface area (Å²) in [5.74, 6) is 0. The fraction of sp³-hybridized carbons (Fsp3) is 0.118. The zero-order valence-electron chi connectivity index (χ0n) is 11.2. The van der Waals surface area contributed by atoms with Gasteiger partial charge in [0.15, 0.2) is 0 Å². The lowest BCUT2D eigenvalue weighted by Gasteiger charge is -2.27. The van der Waals surface area contributed by atoms with Crippen LogP contribution in [0.5, 0.6) is 0 Å². The van der Waals surface area contributed by atoms with E-state index >= 15 is 0 Å². The molecular formula is C17H15BrN2. The van der Waals surface area contributed by atoms with Gasteiger partial charge in [-0.25, -0.2) is 0 Å². The molecule has 1 atom stereocenters. The van der Waals surface area contributed by atoms with E-state index in [1.165, 1.54) is 0 Å². The molecule has 0 spiro atoms. The second-order valence-corrected chi connectivity index (χ2v) is 6.03. The molecule has 0 saturated heterocycles. The van der Waals surface area contributed by atoms with Crippen LogP contribution in [-0.2, 0) is 5.54 Å². The van der Waals surface area contributed by atoms with Crippen LogP contribution in [0, 0.1) is 0 Å². The molecule has 0 aliphatic rings. The Hall–Kier alpha value is -1.71. The van der Waals surface area contributed by atoms with Gasteiger partial charge >= 0.3 is 0 Å². The molecule has 1 aromatic heterocycles. The van der Waals surface area contributed by atoms with Gasteiger partial charge < -0.3 is 5.73 Å². The maximum absolute atomic E-state index is 6.62. The van der Waals surface area contributed by atoms with Crippen LogP contribution in [0.3, 0.4) is 0 Å². The van der Waals surface area contributed by atoms with Gasteiger partial charge in [-0.2, -0.15) is 0 Å². The molecule has 20 heavy (non-hydrogen) atoms. The van der Waals surface area contributed by atoms with Crippen LogP contribution in [0.15, 0.2) is 65.4 Å². The molecule has 1 heterocycles. The van der Waals surface area contributed by atoms with Gasteiger partial charge in [0.1, 0.15) is 0 Å². The Kier molecular flexibility index (Phi) is 3.32. The van der Waals surface area contributed by atoms with Gasteiger partial charge in [0.05, 0.1) is 5.54 Å². The fourth-order valence-electron chi connectivity index (χ4n) is 2.48. The van der Waals surface area contributed by atoms with Crippen molar-refractivity contribution in [2.45, 2.75) is 12.5 Å². The van der Waals surface area contributed by atoms with Crippen LogP contribution in [0.1, 0.15) is 18.1 Å². The van der Waals surface area contributed by atoms with Crippen LogP contribution < -0.4 is 5.73 Å². The topological polar surface area (TPSA) is 38.9 Å². The monoisotopic (exact) mass is 326 g/mol. The van der Waals surface area contributed by atoms with Crippen molar-refractivity contribution in [3.05, 3.63) is 76.5 Å². The number of rotatable bonds is 2. The Morgan fingerprint density at radius 1 is 1.00 bits per heavy atom. The van der Waals surface area contributed by atoms with E-state index < -0.39 is 5.54 Å². The standard InChI is InChI=1S/C17H15BrN2/c1-17(19,13-6-8-14(18)9-7-13)16-11-20-10-12-4-2-3-5-15(12)16/h2-11H,19H2,1H3. The first-order chi connectivity index (χ1) is 9.59. The van der Waals surface area contributed by atoms with Crippen molar-refractivity contribution in [3.8, 4) is 0 Å². The van der Waals surface area contributed by atoms with Crippen LogP contribution in [-0.4, -0.2) is 4.98 Å². The van der Waals surface area contributed by atoms with E-state index in [1.54, 1.807) is 0 Å². The number of hydrogen-bond acceptors (Lipinski definition) is 2. The highest BCUT2D eigenvalue weighted by molar-refractivity contribution is 9.10. The van der Waals surface area contributed by atoms with Gasteiger partial charge in [-0.3, -0.25) is 4.98 Å². The number of benzene rings is 2. The van der Waals surface area contributed by atoms with Crippen molar-refractivity contribution >= 4 is 26.7 Å². The molecule has 1 unspecified atom stereocenters. The van der Waals surface area contributed by atoms with Crippen LogP contribution in [0.25, 0.3) is 10.8 Å². The highest BCUT2D eigenvalue weighted by Gasteiger charge is 2.25. The molecule has 3 aromatic rings. The van der Waals surface area contributed by atoms with Crippen LogP contribution in [0.2, 0.25) is 0 Å². The summed E-state index contributed by atoms with van der Waals surface area (Å²) in [5, 5.41) is 2.26. The average Bonchev–Trinajstić information content (AvgIpc) is 2.47. The number of halogens is 1. The van der Waals surface area contributed by atoms with Gasteiger partial charge in [-0.05, 0) is 30.0 Å². The molecule has 0 amide bonds. The van der Waals surface area contributed by atoms with Crippen molar-refractivity contribution < 1.29 is 0 Å². The highest BCUT2D eigenvalue weighted by Crippen LogP contribution is 2.31. The summed E-state index contributed by atoms with van der Waals surface area (Å²) in [4.78, 5) is 4.33. The molecule has 2 aromatic carbocycles. The zero-order valence-corrected chi connectivity index (χ0v) is 12.8. The molecule has 2 nitrogen and oxygen atoms in total. The maximum atomic E-state index is 6.62. The SMILES string of the molecule is CC(N)(c1ccc(Br)cc1)c1cncc2ccccc12. The molecule has 0 fully saturated rings. The first-order valence-corrected chi connectivity index (χ1v) is 7.26. The molecule has 0 aliphatic carbocycles. The molecule has 0 radical (unpaired) electrons. The maximum Gasteiger partial charge on any atom is 0.0658 e. The number of pyridine rings is 1. The first kappa shape index (κ1) is 13.3.